The van der Waals surface area contributed by atoms with Crippen LogP contribution in [0.1, 0.15) is 48.5 Å². The first-order chi connectivity index (χ1) is 14.7. The van der Waals surface area contributed by atoms with Gasteiger partial charge in [-0.15, -0.1) is 0 Å². The Morgan fingerprint density at radius 3 is 2.63 bits per heavy atom. The van der Waals surface area contributed by atoms with E-state index in [9.17, 15) is 4.79 Å². The van der Waals surface area contributed by atoms with Crippen LogP contribution >= 0.6 is 0 Å². The fourth-order valence-corrected chi connectivity index (χ4v) is 3.86. The van der Waals surface area contributed by atoms with Gasteiger partial charge >= 0.3 is 0 Å². The van der Waals surface area contributed by atoms with E-state index in [1.165, 1.54) is 12.7 Å². The van der Waals surface area contributed by atoms with E-state index in [1.54, 1.807) is 43.4 Å². The number of hydrogen-bond acceptors (Lipinski definition) is 7. The number of nitrogens with zero attached hydrogens (tertiary/aromatic N) is 3. The second-order valence-corrected chi connectivity index (χ2v) is 7.28. The average molecular weight is 411 g/mol. The van der Waals surface area contributed by atoms with Gasteiger partial charge in [0.2, 0.25) is 11.7 Å². The number of aromatic nitrogens is 2. The molecule has 8 nitrogen and oxygen atoms in total. The van der Waals surface area contributed by atoms with Crippen molar-refractivity contribution in [1.82, 2.24) is 15.0 Å². The number of benzene rings is 1. The maximum Gasteiger partial charge on any atom is 0.290 e. The van der Waals surface area contributed by atoms with Crippen molar-refractivity contribution < 1.29 is 23.2 Å². The summed E-state index contributed by atoms with van der Waals surface area (Å²) in [6, 6.07) is 8.95. The second kappa shape index (κ2) is 9.02. The van der Waals surface area contributed by atoms with Crippen molar-refractivity contribution in [2.24, 2.45) is 0 Å². The molecule has 1 amide bonds. The molecule has 0 aliphatic heterocycles. The molecule has 0 spiro atoms. The summed E-state index contributed by atoms with van der Waals surface area (Å²) in [5, 5.41) is 4.09. The van der Waals surface area contributed by atoms with Crippen molar-refractivity contribution >= 4 is 5.91 Å². The third kappa shape index (κ3) is 4.17. The molecule has 1 fully saturated rings. The van der Waals surface area contributed by atoms with Crippen LogP contribution in [0.4, 0.5) is 0 Å². The topological polar surface area (TPSA) is 90.8 Å². The van der Waals surface area contributed by atoms with Crippen molar-refractivity contribution in [3.05, 3.63) is 48.2 Å². The first-order valence-electron chi connectivity index (χ1n) is 10.1. The molecule has 0 saturated heterocycles. The van der Waals surface area contributed by atoms with Crippen LogP contribution in [0.25, 0.3) is 11.4 Å². The Morgan fingerprint density at radius 1 is 1.13 bits per heavy atom. The van der Waals surface area contributed by atoms with E-state index in [4.69, 9.17) is 18.4 Å². The predicted octanol–water partition coefficient (Wildman–Crippen LogP) is 4.32. The Labute approximate surface area is 174 Å². The van der Waals surface area contributed by atoms with Crippen molar-refractivity contribution in [1.29, 1.82) is 0 Å². The highest BCUT2D eigenvalue weighted by molar-refractivity contribution is 5.91. The molecule has 0 radical (unpaired) electrons. The Balaban J connectivity index is 1.57. The van der Waals surface area contributed by atoms with Crippen LogP contribution < -0.4 is 9.47 Å². The quantitative estimate of drug-likeness (QED) is 0.572. The van der Waals surface area contributed by atoms with E-state index < -0.39 is 0 Å². The Kier molecular flexibility index (Phi) is 6.02. The highest BCUT2D eigenvalue weighted by Gasteiger charge is 2.29. The van der Waals surface area contributed by atoms with Crippen molar-refractivity contribution in [2.45, 2.75) is 44.7 Å². The van der Waals surface area contributed by atoms with Gasteiger partial charge in [0.25, 0.3) is 5.91 Å². The van der Waals surface area contributed by atoms with Gasteiger partial charge in [-0.05, 0) is 43.2 Å². The largest absolute Gasteiger partial charge is 0.493 e. The van der Waals surface area contributed by atoms with Gasteiger partial charge in [0.1, 0.15) is 6.54 Å². The molecule has 1 aliphatic carbocycles. The molecule has 1 aliphatic rings. The molecule has 2 aromatic heterocycles. The van der Waals surface area contributed by atoms with Crippen LogP contribution in [0.2, 0.25) is 0 Å². The molecule has 8 heteroatoms. The normalized spacial score (nSPS) is 14.5. The number of hydrogen-bond donors (Lipinski definition) is 0. The zero-order valence-corrected chi connectivity index (χ0v) is 17.2. The maximum atomic E-state index is 13.1. The molecule has 0 unspecified atom stereocenters. The van der Waals surface area contributed by atoms with E-state index >= 15 is 0 Å². The maximum absolute atomic E-state index is 13.1. The zero-order valence-electron chi connectivity index (χ0n) is 17.2. The van der Waals surface area contributed by atoms with Gasteiger partial charge < -0.3 is 23.3 Å². The number of amides is 1. The van der Waals surface area contributed by atoms with Gasteiger partial charge in [0.05, 0.1) is 20.5 Å². The minimum Gasteiger partial charge on any atom is -0.493 e. The molecule has 158 valence electrons. The number of carbonyl (C=O) groups excluding carboxylic acids is 1. The molecular weight excluding hydrogens is 386 g/mol. The first kappa shape index (κ1) is 20.0. The van der Waals surface area contributed by atoms with Crippen molar-refractivity contribution in [3.8, 4) is 22.9 Å². The van der Waals surface area contributed by atoms with Gasteiger partial charge in [-0.2, -0.15) is 4.98 Å². The molecule has 0 N–H and O–H groups in total. The fourth-order valence-electron chi connectivity index (χ4n) is 3.86. The summed E-state index contributed by atoms with van der Waals surface area (Å²) in [7, 11) is 3.16. The van der Waals surface area contributed by atoms with Crippen LogP contribution in [0.15, 0.2) is 45.5 Å². The summed E-state index contributed by atoms with van der Waals surface area (Å²) in [4.78, 5) is 19.4. The molecule has 30 heavy (non-hydrogen) atoms. The smallest absolute Gasteiger partial charge is 0.290 e. The molecule has 1 aromatic carbocycles. The Morgan fingerprint density at radius 2 is 1.93 bits per heavy atom. The Hall–Kier alpha value is -3.29. The summed E-state index contributed by atoms with van der Waals surface area (Å²) >= 11 is 0. The van der Waals surface area contributed by atoms with Crippen LogP contribution in [0.5, 0.6) is 11.5 Å². The van der Waals surface area contributed by atoms with Gasteiger partial charge in [-0.25, -0.2) is 0 Å². The SMILES string of the molecule is COc1ccc(-c2noc(CN(C(=O)c3ccco3)C3CCCCC3)n2)cc1OC. The standard InChI is InChI=1S/C22H25N3O5/c1-27-17-11-10-15(13-19(17)28-2)21-23-20(30-24-21)14-25(16-7-4-3-5-8-16)22(26)18-9-6-12-29-18/h6,9-13,16H,3-5,7-8,14H2,1-2H3. The third-order valence-corrected chi connectivity index (χ3v) is 5.42. The highest BCUT2D eigenvalue weighted by Crippen LogP contribution is 2.31. The molecular formula is C22H25N3O5. The van der Waals surface area contributed by atoms with Crippen molar-refractivity contribution in [3.63, 3.8) is 0 Å². The first-order valence-corrected chi connectivity index (χ1v) is 10.1. The summed E-state index contributed by atoms with van der Waals surface area (Å²) < 4.78 is 21.4. The lowest BCUT2D eigenvalue weighted by atomic mass is 9.94. The summed E-state index contributed by atoms with van der Waals surface area (Å²) in [6.45, 7) is 0.241. The second-order valence-electron chi connectivity index (χ2n) is 7.28. The molecule has 2 heterocycles. The predicted molar refractivity (Wildman–Crippen MR) is 108 cm³/mol. The number of ether oxygens (including phenoxy) is 2. The summed E-state index contributed by atoms with van der Waals surface area (Å²) in [5.74, 6) is 2.18. The summed E-state index contributed by atoms with van der Waals surface area (Å²) in [6.07, 6.45) is 6.84. The minimum atomic E-state index is -0.155. The molecule has 1 saturated carbocycles. The van der Waals surface area contributed by atoms with Gasteiger partial charge in [-0.1, -0.05) is 24.4 Å². The number of methoxy groups -OCH3 is 2. The van der Waals surface area contributed by atoms with Gasteiger partial charge in [0.15, 0.2) is 17.3 Å². The minimum absolute atomic E-state index is 0.132. The number of rotatable bonds is 7. The lowest BCUT2D eigenvalue weighted by Crippen LogP contribution is -2.40. The molecule has 0 atom stereocenters. The van der Waals surface area contributed by atoms with E-state index in [1.807, 2.05) is 6.07 Å². The van der Waals surface area contributed by atoms with Crippen LogP contribution in [0.3, 0.4) is 0 Å². The number of carbonyl (C=O) groups is 1. The average Bonchev–Trinajstić information content (AvgIpc) is 3.49. The van der Waals surface area contributed by atoms with E-state index in [-0.39, 0.29) is 18.5 Å². The van der Waals surface area contributed by atoms with Gasteiger partial charge in [0, 0.05) is 11.6 Å². The molecule has 4 rings (SSSR count). The molecule has 3 aromatic rings. The zero-order chi connectivity index (χ0) is 20.9. The van der Waals surface area contributed by atoms with Crippen molar-refractivity contribution in [2.75, 3.05) is 14.2 Å². The van der Waals surface area contributed by atoms with Crippen LogP contribution in [-0.2, 0) is 6.54 Å². The van der Waals surface area contributed by atoms with Gasteiger partial charge in [-0.3, -0.25) is 4.79 Å². The van der Waals surface area contributed by atoms with E-state index in [0.717, 1.165) is 31.2 Å². The van der Waals surface area contributed by atoms with Crippen LogP contribution in [0, 0.1) is 0 Å². The highest BCUT2D eigenvalue weighted by atomic mass is 16.5. The number of furan rings is 1. The third-order valence-electron chi connectivity index (χ3n) is 5.42. The monoisotopic (exact) mass is 411 g/mol. The molecule has 0 bridgehead atoms. The lowest BCUT2D eigenvalue weighted by molar-refractivity contribution is 0.0554. The fraction of sp³-hybridized carbons (Fsp3) is 0.409. The summed E-state index contributed by atoms with van der Waals surface area (Å²) in [5.41, 5.74) is 0.740. The van der Waals surface area contributed by atoms with E-state index in [0.29, 0.717) is 29.0 Å². The van der Waals surface area contributed by atoms with E-state index in [2.05, 4.69) is 10.1 Å². The lowest BCUT2D eigenvalue weighted by Gasteiger charge is -2.32. The van der Waals surface area contributed by atoms with Crippen LogP contribution in [-0.4, -0.2) is 41.2 Å². The Bertz CT molecular complexity index is 977.